The van der Waals surface area contributed by atoms with Crippen LogP contribution in [0.4, 0.5) is 0 Å². The SMILES string of the molecule is CCC(C)(CCCCCCc1cccc(Br)n1)C(=O)O. The van der Waals surface area contributed by atoms with E-state index in [9.17, 15) is 9.90 Å². The number of hydrogen-bond donors (Lipinski definition) is 1. The summed E-state index contributed by atoms with van der Waals surface area (Å²) >= 11 is 3.37. The summed E-state index contributed by atoms with van der Waals surface area (Å²) in [6, 6.07) is 5.98. The van der Waals surface area contributed by atoms with Crippen LogP contribution in [0.15, 0.2) is 22.8 Å². The molecule has 0 aliphatic rings. The van der Waals surface area contributed by atoms with Gasteiger partial charge < -0.3 is 5.11 Å². The number of nitrogens with zero attached hydrogens (tertiary/aromatic N) is 1. The molecule has 112 valence electrons. The number of unbranched alkanes of at least 4 members (excludes halogenated alkanes) is 3. The van der Waals surface area contributed by atoms with Gasteiger partial charge in [-0.05, 0) is 60.7 Å². The summed E-state index contributed by atoms with van der Waals surface area (Å²) in [5.41, 5.74) is 0.564. The lowest BCUT2D eigenvalue weighted by molar-refractivity contribution is -0.148. The second-order valence-corrected chi connectivity index (χ2v) is 6.40. The first-order chi connectivity index (χ1) is 9.48. The molecule has 3 nitrogen and oxygen atoms in total. The van der Waals surface area contributed by atoms with Crippen LogP contribution in [0.2, 0.25) is 0 Å². The third-order valence-corrected chi connectivity index (χ3v) is 4.42. The first-order valence-electron chi connectivity index (χ1n) is 7.33. The standard InChI is InChI=1S/C16H24BrNO2/c1-3-16(2,15(19)20)12-7-5-4-6-9-13-10-8-11-14(17)18-13/h8,10-11H,3-7,9,12H2,1-2H3,(H,19,20). The van der Waals surface area contributed by atoms with Crippen molar-refractivity contribution in [1.29, 1.82) is 0 Å². The van der Waals surface area contributed by atoms with E-state index in [1.54, 1.807) is 0 Å². The summed E-state index contributed by atoms with van der Waals surface area (Å²) in [5.74, 6) is -0.668. The smallest absolute Gasteiger partial charge is 0.309 e. The maximum absolute atomic E-state index is 11.2. The van der Waals surface area contributed by atoms with Gasteiger partial charge in [0.1, 0.15) is 4.60 Å². The lowest BCUT2D eigenvalue weighted by Gasteiger charge is -2.22. The molecule has 0 aliphatic heterocycles. The predicted octanol–water partition coefficient (Wildman–Crippen LogP) is 4.84. The minimum atomic E-state index is -0.668. The Kier molecular flexibility index (Phi) is 7.20. The molecular weight excluding hydrogens is 318 g/mol. The number of pyridine rings is 1. The summed E-state index contributed by atoms with van der Waals surface area (Å²) in [6.45, 7) is 3.80. The van der Waals surface area contributed by atoms with Gasteiger partial charge in [0.05, 0.1) is 5.41 Å². The number of carboxylic acids is 1. The number of hydrogen-bond acceptors (Lipinski definition) is 2. The quantitative estimate of drug-likeness (QED) is 0.516. The van der Waals surface area contributed by atoms with Gasteiger partial charge in [-0.2, -0.15) is 0 Å². The minimum Gasteiger partial charge on any atom is -0.481 e. The summed E-state index contributed by atoms with van der Waals surface area (Å²) in [4.78, 5) is 15.6. The monoisotopic (exact) mass is 341 g/mol. The number of aromatic nitrogens is 1. The Morgan fingerprint density at radius 2 is 2.00 bits per heavy atom. The molecule has 1 aromatic heterocycles. The molecule has 1 atom stereocenters. The van der Waals surface area contributed by atoms with Crippen LogP contribution in [-0.2, 0) is 11.2 Å². The van der Waals surface area contributed by atoms with E-state index in [1.165, 1.54) is 0 Å². The topological polar surface area (TPSA) is 50.2 Å². The Labute approximate surface area is 129 Å². The molecule has 1 N–H and O–H groups in total. The number of halogens is 1. The molecule has 0 fully saturated rings. The molecule has 1 unspecified atom stereocenters. The van der Waals surface area contributed by atoms with E-state index >= 15 is 0 Å². The minimum absolute atomic E-state index is 0.550. The summed E-state index contributed by atoms with van der Waals surface area (Å²) in [7, 11) is 0. The van der Waals surface area contributed by atoms with Gasteiger partial charge in [0.2, 0.25) is 0 Å². The van der Waals surface area contributed by atoms with Crippen molar-refractivity contribution in [3.05, 3.63) is 28.5 Å². The van der Waals surface area contributed by atoms with Gasteiger partial charge >= 0.3 is 5.97 Å². The van der Waals surface area contributed by atoms with Crippen molar-refractivity contribution in [3.63, 3.8) is 0 Å². The Hall–Kier alpha value is -0.900. The number of carboxylic acid groups (broad SMARTS) is 1. The van der Waals surface area contributed by atoms with E-state index in [0.717, 1.165) is 48.8 Å². The maximum atomic E-state index is 11.2. The van der Waals surface area contributed by atoms with Gasteiger partial charge in [-0.15, -0.1) is 0 Å². The fraction of sp³-hybridized carbons (Fsp3) is 0.625. The summed E-state index contributed by atoms with van der Waals surface area (Å²) in [5, 5.41) is 9.20. The van der Waals surface area contributed by atoms with E-state index in [2.05, 4.69) is 20.9 Å². The van der Waals surface area contributed by atoms with Gasteiger partial charge in [-0.3, -0.25) is 4.79 Å². The molecular formula is C16H24BrNO2. The highest BCUT2D eigenvalue weighted by Gasteiger charge is 2.29. The van der Waals surface area contributed by atoms with Crippen molar-refractivity contribution in [1.82, 2.24) is 4.98 Å². The second kappa shape index (κ2) is 8.40. The van der Waals surface area contributed by atoms with E-state index in [-0.39, 0.29) is 0 Å². The lowest BCUT2D eigenvalue weighted by atomic mass is 9.82. The number of rotatable bonds is 9. The molecule has 0 bridgehead atoms. The van der Waals surface area contributed by atoms with Crippen LogP contribution in [0.5, 0.6) is 0 Å². The Morgan fingerprint density at radius 1 is 1.30 bits per heavy atom. The van der Waals surface area contributed by atoms with Crippen molar-refractivity contribution in [3.8, 4) is 0 Å². The van der Waals surface area contributed by atoms with Crippen LogP contribution < -0.4 is 0 Å². The average molecular weight is 342 g/mol. The fourth-order valence-corrected chi connectivity index (χ4v) is 2.58. The van der Waals surface area contributed by atoms with Crippen LogP contribution in [0, 0.1) is 5.41 Å². The zero-order valence-electron chi connectivity index (χ0n) is 12.4. The van der Waals surface area contributed by atoms with E-state index < -0.39 is 11.4 Å². The van der Waals surface area contributed by atoms with Crippen LogP contribution >= 0.6 is 15.9 Å². The van der Waals surface area contributed by atoms with Gasteiger partial charge in [-0.1, -0.05) is 32.3 Å². The highest BCUT2D eigenvalue weighted by molar-refractivity contribution is 9.10. The normalized spacial score (nSPS) is 13.9. The van der Waals surface area contributed by atoms with Crippen molar-refractivity contribution in [2.24, 2.45) is 5.41 Å². The summed E-state index contributed by atoms with van der Waals surface area (Å²) < 4.78 is 0.884. The first-order valence-corrected chi connectivity index (χ1v) is 8.12. The number of aliphatic carboxylic acids is 1. The van der Waals surface area contributed by atoms with Gasteiger partial charge in [-0.25, -0.2) is 4.98 Å². The Bertz CT molecular complexity index is 436. The lowest BCUT2D eigenvalue weighted by Crippen LogP contribution is -2.26. The van der Waals surface area contributed by atoms with Crippen LogP contribution in [0.25, 0.3) is 0 Å². The van der Waals surface area contributed by atoms with E-state index in [1.807, 2.05) is 32.0 Å². The molecule has 4 heteroatoms. The molecule has 0 radical (unpaired) electrons. The van der Waals surface area contributed by atoms with Gasteiger partial charge in [0, 0.05) is 5.69 Å². The molecule has 0 aromatic carbocycles. The average Bonchev–Trinajstić information content (AvgIpc) is 2.42. The molecule has 1 aromatic rings. The molecule has 1 rings (SSSR count). The third kappa shape index (κ3) is 5.61. The van der Waals surface area contributed by atoms with Crippen LogP contribution in [0.1, 0.15) is 58.1 Å². The first kappa shape index (κ1) is 17.2. The van der Waals surface area contributed by atoms with Crippen molar-refractivity contribution < 1.29 is 9.90 Å². The predicted molar refractivity (Wildman–Crippen MR) is 84.8 cm³/mol. The third-order valence-electron chi connectivity index (χ3n) is 3.98. The van der Waals surface area contributed by atoms with E-state index in [4.69, 9.17) is 0 Å². The zero-order chi connectivity index (χ0) is 15.0. The Balaban J connectivity index is 2.18. The van der Waals surface area contributed by atoms with Crippen molar-refractivity contribution >= 4 is 21.9 Å². The van der Waals surface area contributed by atoms with E-state index in [0.29, 0.717) is 6.42 Å². The van der Waals surface area contributed by atoms with Gasteiger partial charge in [0.25, 0.3) is 0 Å². The van der Waals surface area contributed by atoms with Gasteiger partial charge in [0.15, 0.2) is 0 Å². The van der Waals surface area contributed by atoms with Crippen molar-refractivity contribution in [2.45, 2.75) is 58.8 Å². The number of aryl methyl sites for hydroxylation is 1. The zero-order valence-corrected chi connectivity index (χ0v) is 13.9. The molecule has 1 heterocycles. The molecule has 0 saturated heterocycles. The highest BCUT2D eigenvalue weighted by Crippen LogP contribution is 2.28. The molecule has 0 amide bonds. The molecule has 0 aliphatic carbocycles. The summed E-state index contributed by atoms with van der Waals surface area (Å²) in [6.07, 6.45) is 6.79. The molecule has 0 saturated carbocycles. The largest absolute Gasteiger partial charge is 0.481 e. The van der Waals surface area contributed by atoms with Crippen LogP contribution in [0.3, 0.4) is 0 Å². The molecule has 0 spiro atoms. The molecule has 20 heavy (non-hydrogen) atoms. The number of carbonyl (C=O) groups is 1. The van der Waals surface area contributed by atoms with Crippen LogP contribution in [-0.4, -0.2) is 16.1 Å². The fourth-order valence-electron chi connectivity index (χ4n) is 2.20. The highest BCUT2D eigenvalue weighted by atomic mass is 79.9. The Morgan fingerprint density at radius 3 is 2.60 bits per heavy atom. The maximum Gasteiger partial charge on any atom is 0.309 e. The van der Waals surface area contributed by atoms with Crippen molar-refractivity contribution in [2.75, 3.05) is 0 Å². The second-order valence-electron chi connectivity index (χ2n) is 5.59.